The Labute approximate surface area is 211 Å². The number of aliphatic hydroxyl groups excluding tert-OH is 4. The lowest BCUT2D eigenvalue weighted by molar-refractivity contribution is -0.271. The molecule has 36 heavy (non-hydrogen) atoms. The molecule has 1 heterocycles. The summed E-state index contributed by atoms with van der Waals surface area (Å²) in [7, 11) is 2.68. The first-order valence-corrected chi connectivity index (χ1v) is 12.4. The molecule has 1 aromatic carbocycles. The third-order valence-corrected chi connectivity index (χ3v) is 6.50. The average molecular weight is 517 g/mol. The lowest BCUT2D eigenvalue weighted by Crippen LogP contribution is -2.61. The number of unbranched alkanes of at least 4 members (excludes halogenated alkanes) is 7. The van der Waals surface area contributed by atoms with Crippen LogP contribution in [0.2, 0.25) is 0 Å². The highest BCUT2D eigenvalue weighted by Crippen LogP contribution is 2.50. The van der Waals surface area contributed by atoms with Gasteiger partial charge in [-0.1, -0.05) is 38.5 Å². The Hall–Kier alpha value is -2.31. The monoisotopic (exact) mass is 516 g/mol. The van der Waals surface area contributed by atoms with Crippen molar-refractivity contribution in [2.24, 2.45) is 0 Å². The molecule has 1 aromatic rings. The third kappa shape index (κ3) is 7.13. The molecule has 11 nitrogen and oxygen atoms in total. The van der Waals surface area contributed by atoms with Gasteiger partial charge in [0.1, 0.15) is 18.3 Å². The minimum atomic E-state index is -1.85. The van der Waals surface area contributed by atoms with Gasteiger partial charge in [-0.2, -0.15) is 0 Å². The summed E-state index contributed by atoms with van der Waals surface area (Å²) < 4.78 is 21.9. The molecule has 0 aliphatic carbocycles. The number of benzene rings is 1. The van der Waals surface area contributed by atoms with Crippen LogP contribution in [0, 0.1) is 6.92 Å². The van der Waals surface area contributed by atoms with E-state index in [1.54, 1.807) is 6.92 Å². The average Bonchev–Trinajstić information content (AvgIpc) is 2.86. The Kier molecular flexibility index (Phi) is 12.0. The van der Waals surface area contributed by atoms with Crippen LogP contribution in [0.5, 0.6) is 23.0 Å². The third-order valence-electron chi connectivity index (χ3n) is 6.50. The number of aliphatic hydroxyl groups is 4. The number of carboxylic acids is 1. The largest absolute Gasteiger partial charge is 0.504 e. The lowest BCUT2D eigenvalue weighted by atomic mass is 9.97. The Balaban J connectivity index is 2.23. The number of methoxy groups -OCH3 is 2. The molecule has 5 atom stereocenters. The van der Waals surface area contributed by atoms with E-state index >= 15 is 0 Å². The maximum Gasteiger partial charge on any atom is 0.335 e. The van der Waals surface area contributed by atoms with Gasteiger partial charge >= 0.3 is 5.97 Å². The van der Waals surface area contributed by atoms with E-state index in [0.717, 1.165) is 51.4 Å². The number of hydrogen-bond donors (Lipinski definition) is 6. The van der Waals surface area contributed by atoms with E-state index in [2.05, 4.69) is 0 Å². The van der Waals surface area contributed by atoms with Crippen molar-refractivity contribution in [1.82, 2.24) is 0 Å². The summed E-state index contributed by atoms with van der Waals surface area (Å²) in [6.07, 6.45) is -0.596. The van der Waals surface area contributed by atoms with Gasteiger partial charge in [0, 0.05) is 17.7 Å². The van der Waals surface area contributed by atoms with E-state index in [1.165, 1.54) is 14.2 Å². The van der Waals surface area contributed by atoms with E-state index in [-0.39, 0.29) is 29.6 Å². The minimum Gasteiger partial charge on any atom is -0.504 e. The van der Waals surface area contributed by atoms with Gasteiger partial charge in [-0.05, 0) is 26.2 Å². The van der Waals surface area contributed by atoms with Crippen LogP contribution >= 0.6 is 0 Å². The molecule has 2 rings (SSSR count). The summed E-state index contributed by atoms with van der Waals surface area (Å²) in [5, 5.41) is 59.5. The maximum atomic E-state index is 11.5. The standard InChI is InChI=1S/C25H40O11/c1-14-15(12-10-8-6-4-5-7-9-11-13-26)20(23(34-3)21(33-2)16(14)27)35-25-19(30)17(28)18(29)22(36-25)24(31)32/h17-19,22,25-30H,4-13H2,1-3H3,(H,31,32)/t17-,18-,19+,22-,25+/m0/s1. The molecular weight excluding hydrogens is 476 g/mol. The van der Waals surface area contributed by atoms with Gasteiger partial charge in [-0.15, -0.1) is 0 Å². The zero-order valence-electron chi connectivity index (χ0n) is 21.2. The van der Waals surface area contributed by atoms with Crippen LogP contribution in [-0.4, -0.2) is 88.1 Å². The molecule has 0 spiro atoms. The zero-order chi connectivity index (χ0) is 26.8. The van der Waals surface area contributed by atoms with Crippen LogP contribution in [0.3, 0.4) is 0 Å². The highest BCUT2D eigenvalue weighted by Gasteiger charge is 2.48. The molecule has 0 amide bonds. The first-order chi connectivity index (χ1) is 17.2. The molecule has 0 aromatic heterocycles. The van der Waals surface area contributed by atoms with Gasteiger partial charge in [-0.25, -0.2) is 4.79 Å². The van der Waals surface area contributed by atoms with Gasteiger partial charge in [-0.3, -0.25) is 0 Å². The van der Waals surface area contributed by atoms with Crippen LogP contribution in [0.4, 0.5) is 0 Å². The molecule has 1 saturated heterocycles. The second-order valence-electron chi connectivity index (χ2n) is 9.00. The fourth-order valence-electron chi connectivity index (χ4n) is 4.37. The van der Waals surface area contributed by atoms with Crippen LogP contribution < -0.4 is 14.2 Å². The van der Waals surface area contributed by atoms with Crippen molar-refractivity contribution in [1.29, 1.82) is 0 Å². The van der Waals surface area contributed by atoms with Gasteiger partial charge in [0.05, 0.1) is 14.2 Å². The van der Waals surface area contributed by atoms with Gasteiger partial charge in [0.15, 0.2) is 17.6 Å². The number of aliphatic carboxylic acids is 1. The minimum absolute atomic E-state index is 0.00250. The van der Waals surface area contributed by atoms with E-state index in [1.807, 2.05) is 0 Å². The summed E-state index contributed by atoms with van der Waals surface area (Å²) in [5.74, 6) is -1.54. The number of phenolic OH excluding ortho intramolecular Hbond substituents is 1. The molecule has 11 heteroatoms. The highest BCUT2D eigenvalue weighted by atomic mass is 16.7. The van der Waals surface area contributed by atoms with Crippen molar-refractivity contribution < 1.29 is 54.4 Å². The summed E-state index contributed by atoms with van der Waals surface area (Å²) in [6.45, 7) is 1.90. The molecule has 0 bridgehead atoms. The number of carboxylic acid groups (broad SMARTS) is 1. The fourth-order valence-corrected chi connectivity index (χ4v) is 4.37. The molecule has 0 saturated carbocycles. The topological polar surface area (TPSA) is 175 Å². The number of ether oxygens (including phenoxy) is 4. The Bertz CT molecular complexity index is 844. The van der Waals surface area contributed by atoms with Crippen LogP contribution in [0.25, 0.3) is 0 Å². The van der Waals surface area contributed by atoms with Crippen molar-refractivity contribution in [3.8, 4) is 23.0 Å². The van der Waals surface area contributed by atoms with Crippen molar-refractivity contribution >= 4 is 5.97 Å². The molecule has 1 aliphatic heterocycles. The predicted octanol–water partition coefficient (Wildman–Crippen LogP) is 1.64. The number of hydrogen-bond acceptors (Lipinski definition) is 10. The maximum absolute atomic E-state index is 11.5. The fraction of sp³-hybridized carbons (Fsp3) is 0.720. The number of aromatic hydroxyl groups is 1. The second kappa shape index (κ2) is 14.4. The van der Waals surface area contributed by atoms with E-state index < -0.39 is 36.7 Å². The lowest BCUT2D eigenvalue weighted by Gasteiger charge is -2.39. The second-order valence-corrected chi connectivity index (χ2v) is 9.00. The molecule has 6 N–H and O–H groups in total. The van der Waals surface area contributed by atoms with E-state index in [4.69, 9.17) is 24.1 Å². The van der Waals surface area contributed by atoms with Crippen LogP contribution in [0.1, 0.15) is 62.5 Å². The Morgan fingerprint density at radius 3 is 1.92 bits per heavy atom. The highest BCUT2D eigenvalue weighted by molar-refractivity contribution is 5.73. The molecule has 1 fully saturated rings. The molecular formula is C25H40O11. The van der Waals surface area contributed by atoms with Crippen LogP contribution in [-0.2, 0) is 16.0 Å². The Morgan fingerprint density at radius 2 is 1.39 bits per heavy atom. The smallest absolute Gasteiger partial charge is 0.335 e. The van der Waals surface area contributed by atoms with E-state index in [9.17, 15) is 30.3 Å². The summed E-state index contributed by atoms with van der Waals surface area (Å²) >= 11 is 0. The first-order valence-electron chi connectivity index (χ1n) is 12.4. The molecule has 1 aliphatic rings. The van der Waals surface area contributed by atoms with Crippen molar-refractivity contribution in [2.45, 2.75) is 95.4 Å². The molecule has 206 valence electrons. The summed E-state index contributed by atoms with van der Waals surface area (Å²) in [4.78, 5) is 11.5. The van der Waals surface area contributed by atoms with Crippen molar-refractivity contribution in [2.75, 3.05) is 20.8 Å². The van der Waals surface area contributed by atoms with Crippen molar-refractivity contribution in [3.05, 3.63) is 11.1 Å². The zero-order valence-corrected chi connectivity index (χ0v) is 21.2. The van der Waals surface area contributed by atoms with Crippen molar-refractivity contribution in [3.63, 3.8) is 0 Å². The normalized spacial score (nSPS) is 23.9. The summed E-state index contributed by atoms with van der Waals surface area (Å²) in [6, 6.07) is 0. The van der Waals surface area contributed by atoms with Gasteiger partial charge < -0.3 is 49.6 Å². The van der Waals surface area contributed by atoms with Gasteiger partial charge in [0.2, 0.25) is 17.8 Å². The van der Waals surface area contributed by atoms with E-state index in [0.29, 0.717) is 17.5 Å². The van der Waals surface area contributed by atoms with Gasteiger partial charge in [0.25, 0.3) is 0 Å². The Morgan fingerprint density at radius 1 is 0.833 bits per heavy atom. The number of carbonyl (C=O) groups is 1. The van der Waals surface area contributed by atoms with Crippen LogP contribution in [0.15, 0.2) is 0 Å². The number of phenols is 1. The SMILES string of the molecule is COc1c(O)c(C)c(CCCCCCCCCCO)c(O[C@@H]2O[C@H](C(=O)O)[C@@H](O)[C@H](O)[C@H]2O)c1OC. The molecule has 0 unspecified atom stereocenters. The number of rotatable bonds is 15. The summed E-state index contributed by atoms with van der Waals surface area (Å²) in [5.41, 5.74) is 1.03. The quantitative estimate of drug-likeness (QED) is 0.187. The molecule has 0 radical (unpaired) electrons. The first kappa shape index (κ1) is 29.9. The predicted molar refractivity (Wildman–Crippen MR) is 129 cm³/mol.